The molecule has 154 valence electrons. The van der Waals surface area contributed by atoms with Gasteiger partial charge in [-0.25, -0.2) is 0 Å². The van der Waals surface area contributed by atoms with Crippen molar-refractivity contribution >= 4 is 0 Å². The third-order valence-electron chi connectivity index (χ3n) is 11.0. The van der Waals surface area contributed by atoms with E-state index in [1.165, 1.54) is 0 Å². The van der Waals surface area contributed by atoms with Gasteiger partial charge in [0.1, 0.15) is 12.2 Å². The molecule has 4 nitrogen and oxygen atoms in total. The lowest BCUT2D eigenvalue weighted by molar-refractivity contribution is -0.233. The minimum Gasteiger partial charge on any atom is -0.393 e. The van der Waals surface area contributed by atoms with E-state index in [9.17, 15) is 20.4 Å². The van der Waals surface area contributed by atoms with Crippen LogP contribution in [0, 0.1) is 64.1 Å². The van der Waals surface area contributed by atoms with Gasteiger partial charge in [0.05, 0.1) is 11.7 Å². The minimum atomic E-state index is -0.960. The summed E-state index contributed by atoms with van der Waals surface area (Å²) in [5.74, 6) is 9.14. The van der Waals surface area contributed by atoms with E-state index >= 15 is 0 Å². The number of aliphatic hydroxyl groups is 4. The highest BCUT2D eigenvalue weighted by Gasteiger charge is 2.81. The normalized spacial score (nSPS) is 65.6. The lowest BCUT2D eigenvalue weighted by Gasteiger charge is -2.64. The zero-order valence-electron chi connectivity index (χ0n) is 17.1. The van der Waals surface area contributed by atoms with Crippen molar-refractivity contribution in [2.75, 3.05) is 6.61 Å². The third-order valence-corrected chi connectivity index (χ3v) is 11.0. The van der Waals surface area contributed by atoms with Crippen LogP contribution in [0.3, 0.4) is 0 Å². The molecule has 0 aliphatic heterocycles. The SMILES string of the molecule is C[C@]12CC[C@@H]3[C@@H]([C@H]4C[C@H]4[C@]4(O)C[C@@H](O)CC[C@]34C)[C@H]1[C@@H]1C[C@@H]1[C@@]2(O)C#CCO. The van der Waals surface area contributed by atoms with E-state index in [4.69, 9.17) is 0 Å². The first-order chi connectivity index (χ1) is 13.2. The van der Waals surface area contributed by atoms with Gasteiger partial charge in [-0.2, -0.15) is 0 Å². The first-order valence-electron chi connectivity index (χ1n) is 11.4. The number of rotatable bonds is 0. The monoisotopic (exact) mass is 386 g/mol. The van der Waals surface area contributed by atoms with Crippen molar-refractivity contribution in [1.29, 1.82) is 0 Å². The zero-order valence-corrected chi connectivity index (χ0v) is 17.1. The maximum absolute atomic E-state index is 11.8. The Kier molecular flexibility index (Phi) is 3.36. The molecule has 28 heavy (non-hydrogen) atoms. The van der Waals surface area contributed by atoms with Gasteiger partial charge in [-0.15, -0.1) is 0 Å². The fourth-order valence-corrected chi connectivity index (χ4v) is 9.57. The maximum Gasteiger partial charge on any atom is 0.134 e. The highest BCUT2D eigenvalue weighted by Crippen LogP contribution is 2.81. The summed E-state index contributed by atoms with van der Waals surface area (Å²) in [6, 6.07) is 0. The third kappa shape index (κ3) is 1.81. The van der Waals surface area contributed by atoms with Crippen LogP contribution in [0.2, 0.25) is 0 Å². The second kappa shape index (κ2) is 5.17. The summed E-state index contributed by atoms with van der Waals surface area (Å²) in [6.07, 6.45) is 6.06. The highest BCUT2D eigenvalue weighted by atomic mass is 16.3. The van der Waals surface area contributed by atoms with Gasteiger partial charge in [-0.1, -0.05) is 25.7 Å². The standard InChI is InChI=1S/C24H34O4/c1-21-7-4-13(26)12-24(21,28)17-10-14(17)19-16(21)5-8-22(2)20(19)15-11-18(15)23(22,27)6-3-9-25/h13-20,25-28H,4-5,7-12H2,1-2H3/t13-,14-,15+,16+,17+,18-,19+,20+,21+,22-,23-,24+/m0/s1. The average molecular weight is 387 g/mol. The predicted octanol–water partition coefficient (Wildman–Crippen LogP) is 1.94. The van der Waals surface area contributed by atoms with Crippen molar-refractivity contribution in [2.24, 2.45) is 52.3 Å². The summed E-state index contributed by atoms with van der Waals surface area (Å²) in [5, 5.41) is 43.1. The van der Waals surface area contributed by atoms with Crippen LogP contribution < -0.4 is 0 Å². The first-order valence-corrected chi connectivity index (χ1v) is 11.4. The molecule has 6 rings (SSSR count). The molecule has 6 saturated carbocycles. The van der Waals surface area contributed by atoms with Crippen LogP contribution in [0.25, 0.3) is 0 Å². The van der Waals surface area contributed by atoms with Crippen LogP contribution in [-0.2, 0) is 0 Å². The van der Waals surface area contributed by atoms with Crippen LogP contribution >= 0.6 is 0 Å². The van der Waals surface area contributed by atoms with Crippen molar-refractivity contribution in [1.82, 2.24) is 0 Å². The molecule has 0 unspecified atom stereocenters. The molecule has 0 aromatic carbocycles. The minimum absolute atomic E-state index is 0.113. The van der Waals surface area contributed by atoms with E-state index in [0.29, 0.717) is 41.9 Å². The van der Waals surface area contributed by atoms with Crippen molar-refractivity contribution in [3.63, 3.8) is 0 Å². The summed E-state index contributed by atoms with van der Waals surface area (Å²) < 4.78 is 0. The molecular weight excluding hydrogens is 352 g/mol. The molecule has 0 spiro atoms. The Bertz CT molecular complexity index is 785. The summed E-state index contributed by atoms with van der Waals surface area (Å²) >= 11 is 0. The second-order valence-electron chi connectivity index (χ2n) is 11.6. The van der Waals surface area contributed by atoms with Gasteiger partial charge in [0.25, 0.3) is 0 Å². The van der Waals surface area contributed by atoms with Crippen LogP contribution in [0.4, 0.5) is 0 Å². The van der Waals surface area contributed by atoms with E-state index in [1.54, 1.807) is 0 Å². The van der Waals surface area contributed by atoms with E-state index in [0.717, 1.165) is 38.5 Å². The van der Waals surface area contributed by atoms with Crippen molar-refractivity contribution in [3.05, 3.63) is 0 Å². The largest absolute Gasteiger partial charge is 0.393 e. The molecule has 4 heteroatoms. The molecule has 4 N–H and O–H groups in total. The molecule has 0 aromatic rings. The fraction of sp³-hybridized carbons (Fsp3) is 0.917. The Morgan fingerprint density at radius 3 is 2.39 bits per heavy atom. The Labute approximate surface area is 167 Å². The fourth-order valence-electron chi connectivity index (χ4n) is 9.57. The number of hydrogen-bond donors (Lipinski definition) is 4. The zero-order chi connectivity index (χ0) is 19.7. The highest BCUT2D eigenvalue weighted by molar-refractivity contribution is 5.36. The number of hydrogen-bond acceptors (Lipinski definition) is 4. The van der Waals surface area contributed by atoms with E-state index in [2.05, 4.69) is 25.7 Å². The molecule has 0 heterocycles. The molecule has 0 amide bonds. The van der Waals surface area contributed by atoms with Gasteiger partial charge in [0, 0.05) is 17.8 Å². The van der Waals surface area contributed by atoms with Crippen LogP contribution in [-0.4, -0.2) is 44.3 Å². The molecule has 6 aliphatic rings. The van der Waals surface area contributed by atoms with Crippen LogP contribution in [0.15, 0.2) is 0 Å². The van der Waals surface area contributed by atoms with E-state index < -0.39 is 11.2 Å². The van der Waals surface area contributed by atoms with Gasteiger partial charge in [0.2, 0.25) is 0 Å². The van der Waals surface area contributed by atoms with E-state index in [-0.39, 0.29) is 29.5 Å². The summed E-state index contributed by atoms with van der Waals surface area (Å²) in [7, 11) is 0. The van der Waals surface area contributed by atoms with Crippen molar-refractivity contribution < 1.29 is 20.4 Å². The van der Waals surface area contributed by atoms with Gasteiger partial charge < -0.3 is 20.4 Å². The molecule has 6 aliphatic carbocycles. The predicted molar refractivity (Wildman–Crippen MR) is 104 cm³/mol. The van der Waals surface area contributed by atoms with Gasteiger partial charge in [0.15, 0.2) is 0 Å². The van der Waals surface area contributed by atoms with E-state index in [1.807, 2.05) is 0 Å². The maximum atomic E-state index is 11.8. The second-order valence-corrected chi connectivity index (χ2v) is 11.6. The Morgan fingerprint density at radius 1 is 0.929 bits per heavy atom. The molecule has 0 aromatic heterocycles. The first kappa shape index (κ1) is 18.2. The quantitative estimate of drug-likeness (QED) is 0.480. The lowest BCUT2D eigenvalue weighted by Crippen LogP contribution is -2.65. The van der Waals surface area contributed by atoms with Gasteiger partial charge in [-0.05, 0) is 79.4 Å². The molecule has 12 atom stereocenters. The topological polar surface area (TPSA) is 80.9 Å². The number of aliphatic hydroxyl groups excluding tert-OH is 2. The van der Waals surface area contributed by atoms with Crippen LogP contribution in [0.1, 0.15) is 58.8 Å². The summed E-state index contributed by atoms with van der Waals surface area (Å²) in [5.41, 5.74) is -1.98. The molecule has 6 fully saturated rings. The number of fused-ring (bicyclic) bond motifs is 10. The molecule has 0 radical (unpaired) electrons. The molecular formula is C24H34O4. The Morgan fingerprint density at radius 2 is 1.64 bits per heavy atom. The smallest absolute Gasteiger partial charge is 0.134 e. The van der Waals surface area contributed by atoms with Gasteiger partial charge in [-0.3, -0.25) is 0 Å². The van der Waals surface area contributed by atoms with Crippen molar-refractivity contribution in [2.45, 2.75) is 76.1 Å². The molecule has 0 saturated heterocycles. The van der Waals surface area contributed by atoms with Crippen molar-refractivity contribution in [3.8, 4) is 11.8 Å². The average Bonchev–Trinajstić information content (AvgIpc) is 3.54. The summed E-state index contributed by atoms with van der Waals surface area (Å²) in [4.78, 5) is 0. The van der Waals surface area contributed by atoms with Gasteiger partial charge >= 0.3 is 0 Å². The Hall–Kier alpha value is -0.600. The summed E-state index contributed by atoms with van der Waals surface area (Å²) in [6.45, 7) is 4.38. The van der Waals surface area contributed by atoms with Crippen LogP contribution in [0.5, 0.6) is 0 Å². The lowest BCUT2D eigenvalue weighted by atomic mass is 9.42. The Balaban J connectivity index is 1.42. The molecule has 0 bridgehead atoms.